The van der Waals surface area contributed by atoms with Gasteiger partial charge in [-0.15, -0.1) is 11.3 Å². The molecule has 8 heteroatoms. The molecule has 0 spiro atoms. The van der Waals surface area contributed by atoms with Gasteiger partial charge in [0, 0.05) is 26.2 Å². The zero-order valence-electron chi connectivity index (χ0n) is 10.5. The average Bonchev–Trinajstić information content (AvgIpc) is 3.04. The number of thiophene rings is 1. The van der Waals surface area contributed by atoms with E-state index < -0.39 is 0 Å². The third kappa shape index (κ3) is 1.81. The summed E-state index contributed by atoms with van der Waals surface area (Å²) in [6.45, 7) is 2.95. The van der Waals surface area contributed by atoms with Crippen LogP contribution in [-0.4, -0.2) is 53.1 Å². The second-order valence-corrected chi connectivity index (χ2v) is 6.17. The number of halogens is 1. The van der Waals surface area contributed by atoms with Crippen molar-refractivity contribution in [3.8, 4) is 0 Å². The molecule has 1 unspecified atom stereocenters. The minimum Gasteiger partial charge on any atom is -0.352 e. The number of urea groups is 1. The summed E-state index contributed by atoms with van der Waals surface area (Å²) in [5.41, 5.74) is 0. The van der Waals surface area contributed by atoms with Crippen LogP contribution in [-0.2, 0) is 0 Å². The Labute approximate surface area is 124 Å². The number of anilines is 1. The number of aromatic nitrogens is 2. The molecular weight excluding hydrogens is 298 g/mol. The Morgan fingerprint density at radius 1 is 1.40 bits per heavy atom. The molecule has 1 N–H and O–H groups in total. The maximum atomic E-state index is 11.6. The summed E-state index contributed by atoms with van der Waals surface area (Å²) in [6, 6.07) is 2.27. The Balaban J connectivity index is 1.70. The van der Waals surface area contributed by atoms with Crippen molar-refractivity contribution in [3.63, 3.8) is 0 Å². The molecule has 2 aromatic rings. The molecule has 4 rings (SSSR count). The first-order chi connectivity index (χ1) is 9.72. The quantitative estimate of drug-likeness (QED) is 0.812. The van der Waals surface area contributed by atoms with Gasteiger partial charge in [0.25, 0.3) is 0 Å². The van der Waals surface area contributed by atoms with Crippen LogP contribution in [0, 0.1) is 0 Å². The van der Waals surface area contributed by atoms with Gasteiger partial charge in [0.15, 0.2) is 0 Å². The van der Waals surface area contributed by atoms with Crippen LogP contribution in [0.25, 0.3) is 10.2 Å². The van der Waals surface area contributed by atoms with Gasteiger partial charge in [-0.2, -0.15) is 4.98 Å². The number of hydrogen-bond acceptors (Lipinski definition) is 5. The van der Waals surface area contributed by atoms with Gasteiger partial charge in [-0.1, -0.05) is 0 Å². The monoisotopic (exact) mass is 309 g/mol. The number of carbonyl (C=O) groups excluding carboxylic acids is 1. The second kappa shape index (κ2) is 4.46. The van der Waals surface area contributed by atoms with Crippen LogP contribution >= 0.6 is 22.9 Å². The van der Waals surface area contributed by atoms with Gasteiger partial charge in [0.05, 0.1) is 11.4 Å². The van der Waals surface area contributed by atoms with E-state index in [1.807, 2.05) is 16.3 Å². The number of fused-ring (bicyclic) bond motifs is 2. The van der Waals surface area contributed by atoms with Crippen molar-refractivity contribution < 1.29 is 4.79 Å². The van der Waals surface area contributed by atoms with E-state index in [1.54, 1.807) is 11.3 Å². The summed E-state index contributed by atoms with van der Waals surface area (Å²) in [5.74, 6) is 0.875. The molecule has 2 aliphatic rings. The number of carbonyl (C=O) groups is 1. The van der Waals surface area contributed by atoms with Crippen molar-refractivity contribution in [1.82, 2.24) is 20.2 Å². The summed E-state index contributed by atoms with van der Waals surface area (Å²) in [6.07, 6.45) is 0. The molecule has 104 valence electrons. The van der Waals surface area contributed by atoms with Crippen LogP contribution in [0.2, 0.25) is 5.28 Å². The number of nitrogens with zero attached hydrogens (tertiary/aromatic N) is 4. The van der Waals surface area contributed by atoms with Crippen molar-refractivity contribution in [2.24, 2.45) is 0 Å². The van der Waals surface area contributed by atoms with Crippen LogP contribution in [0.4, 0.5) is 10.6 Å². The first kappa shape index (κ1) is 12.2. The number of hydrogen-bond donors (Lipinski definition) is 1. The minimum absolute atomic E-state index is 0.0380. The summed E-state index contributed by atoms with van der Waals surface area (Å²) >= 11 is 7.58. The number of amides is 2. The molecule has 0 radical (unpaired) electrons. The van der Waals surface area contributed by atoms with E-state index in [4.69, 9.17) is 11.6 Å². The highest BCUT2D eigenvalue weighted by Gasteiger charge is 2.36. The fourth-order valence-electron chi connectivity index (χ4n) is 2.85. The molecule has 4 heterocycles. The topological polar surface area (TPSA) is 61.4 Å². The minimum atomic E-state index is 0.0380. The van der Waals surface area contributed by atoms with Crippen molar-refractivity contribution >= 4 is 45.0 Å². The van der Waals surface area contributed by atoms with Gasteiger partial charge < -0.3 is 15.1 Å². The standard InChI is InChI=1S/C12H12ClN5OS/c13-11-15-9(8-1-4-20-10(8)16-11)17-2-3-18-7(6-17)5-14-12(18)19/h1,4,7H,2-3,5-6H2,(H,14,19). The lowest BCUT2D eigenvalue weighted by molar-refractivity contribution is 0.197. The molecule has 0 aliphatic carbocycles. The van der Waals surface area contributed by atoms with Gasteiger partial charge in [-0.3, -0.25) is 0 Å². The molecule has 20 heavy (non-hydrogen) atoms. The lowest BCUT2D eigenvalue weighted by Gasteiger charge is -2.37. The molecule has 2 aromatic heterocycles. The molecule has 0 bridgehead atoms. The first-order valence-corrected chi connectivity index (χ1v) is 7.68. The van der Waals surface area contributed by atoms with Crippen LogP contribution < -0.4 is 10.2 Å². The average molecular weight is 310 g/mol. The maximum Gasteiger partial charge on any atom is 0.317 e. The van der Waals surface area contributed by atoms with Gasteiger partial charge in [-0.25, -0.2) is 9.78 Å². The van der Waals surface area contributed by atoms with E-state index >= 15 is 0 Å². The SMILES string of the molecule is O=C1NCC2CN(c3nc(Cl)nc4sccc34)CCN12. The molecule has 2 fully saturated rings. The van der Waals surface area contributed by atoms with E-state index in [0.29, 0.717) is 13.1 Å². The fourth-order valence-corrected chi connectivity index (χ4v) is 3.83. The maximum absolute atomic E-state index is 11.6. The molecule has 2 amide bonds. The van der Waals surface area contributed by atoms with E-state index in [0.717, 1.165) is 29.1 Å². The van der Waals surface area contributed by atoms with Gasteiger partial charge in [0.2, 0.25) is 5.28 Å². The zero-order chi connectivity index (χ0) is 13.7. The third-order valence-electron chi connectivity index (χ3n) is 3.81. The highest BCUT2D eigenvalue weighted by Crippen LogP contribution is 2.30. The zero-order valence-corrected chi connectivity index (χ0v) is 12.1. The number of rotatable bonds is 1. The Morgan fingerprint density at radius 3 is 3.20 bits per heavy atom. The summed E-state index contributed by atoms with van der Waals surface area (Å²) in [4.78, 5) is 25.3. The van der Waals surface area contributed by atoms with E-state index in [9.17, 15) is 4.79 Å². The van der Waals surface area contributed by atoms with Crippen molar-refractivity contribution in [2.45, 2.75) is 6.04 Å². The Morgan fingerprint density at radius 2 is 2.30 bits per heavy atom. The Bertz CT molecular complexity index is 690. The van der Waals surface area contributed by atoms with Gasteiger partial charge in [0.1, 0.15) is 10.6 Å². The predicted molar refractivity (Wildman–Crippen MR) is 78.5 cm³/mol. The number of nitrogens with one attached hydrogen (secondary N) is 1. The third-order valence-corrected chi connectivity index (χ3v) is 4.79. The highest BCUT2D eigenvalue weighted by molar-refractivity contribution is 7.16. The largest absolute Gasteiger partial charge is 0.352 e. The number of piperazine rings is 1. The Hall–Kier alpha value is -1.60. The van der Waals surface area contributed by atoms with E-state index in [-0.39, 0.29) is 17.4 Å². The lowest BCUT2D eigenvalue weighted by atomic mass is 10.2. The molecule has 6 nitrogen and oxygen atoms in total. The predicted octanol–water partition coefficient (Wildman–Crippen LogP) is 1.56. The Kier molecular flexibility index (Phi) is 2.71. The van der Waals surface area contributed by atoms with Crippen LogP contribution in [0.3, 0.4) is 0 Å². The summed E-state index contributed by atoms with van der Waals surface area (Å²) in [5, 5.41) is 6.19. The fraction of sp³-hybridized carbons (Fsp3) is 0.417. The van der Waals surface area contributed by atoms with Crippen molar-refractivity contribution in [1.29, 1.82) is 0 Å². The molecule has 1 atom stereocenters. The van der Waals surface area contributed by atoms with E-state index in [1.165, 1.54) is 0 Å². The van der Waals surface area contributed by atoms with Crippen LogP contribution in [0.15, 0.2) is 11.4 Å². The lowest BCUT2D eigenvalue weighted by Crippen LogP contribution is -2.52. The van der Waals surface area contributed by atoms with Crippen molar-refractivity contribution in [2.75, 3.05) is 31.1 Å². The molecule has 0 aromatic carbocycles. The highest BCUT2D eigenvalue weighted by atomic mass is 35.5. The normalized spacial score (nSPS) is 22.2. The van der Waals surface area contributed by atoms with Gasteiger partial charge >= 0.3 is 6.03 Å². The first-order valence-electron chi connectivity index (χ1n) is 6.42. The van der Waals surface area contributed by atoms with Gasteiger partial charge in [-0.05, 0) is 23.0 Å². The molecular formula is C12H12ClN5OS. The second-order valence-electron chi connectivity index (χ2n) is 4.93. The van der Waals surface area contributed by atoms with E-state index in [2.05, 4.69) is 20.2 Å². The molecule has 0 saturated carbocycles. The molecule has 2 saturated heterocycles. The smallest absolute Gasteiger partial charge is 0.317 e. The van der Waals surface area contributed by atoms with Crippen LogP contribution in [0.1, 0.15) is 0 Å². The van der Waals surface area contributed by atoms with Crippen LogP contribution in [0.5, 0.6) is 0 Å². The summed E-state index contributed by atoms with van der Waals surface area (Å²) in [7, 11) is 0. The molecule has 2 aliphatic heterocycles. The summed E-state index contributed by atoms with van der Waals surface area (Å²) < 4.78 is 0. The van der Waals surface area contributed by atoms with Crippen molar-refractivity contribution in [3.05, 3.63) is 16.7 Å².